The maximum atomic E-state index is 13.0. The lowest BCUT2D eigenvalue weighted by atomic mass is 9.99. The normalized spacial score (nSPS) is 13.9. The van der Waals surface area contributed by atoms with Crippen molar-refractivity contribution < 1.29 is 9.90 Å². The molecule has 0 spiro atoms. The Kier molecular flexibility index (Phi) is 4.27. The number of aliphatic imine (C=N–C) groups is 1. The van der Waals surface area contributed by atoms with Crippen molar-refractivity contribution in [3.8, 4) is 0 Å². The number of aliphatic hydroxyl groups excluding tert-OH is 1. The van der Waals surface area contributed by atoms with Crippen molar-refractivity contribution in [2.45, 2.75) is 0 Å². The van der Waals surface area contributed by atoms with E-state index in [0.717, 1.165) is 10.0 Å². The first-order valence-corrected chi connectivity index (χ1v) is 8.92. The summed E-state index contributed by atoms with van der Waals surface area (Å²) in [6.07, 6.45) is 0. The Balaban J connectivity index is 1.92. The molecule has 4 rings (SSSR count). The predicted molar refractivity (Wildman–Crippen MR) is 107 cm³/mol. The van der Waals surface area contributed by atoms with Crippen LogP contribution < -0.4 is 0 Å². The lowest BCUT2D eigenvalue weighted by molar-refractivity contribution is 0.104. The van der Waals surface area contributed by atoms with Gasteiger partial charge in [-0.1, -0.05) is 70.5 Å². The summed E-state index contributed by atoms with van der Waals surface area (Å²) in [4.78, 5) is 17.7. The molecular formula is C22H14BrNO2. The Labute approximate surface area is 159 Å². The van der Waals surface area contributed by atoms with E-state index in [1.54, 1.807) is 24.3 Å². The molecular weight excluding hydrogens is 390 g/mol. The molecule has 3 nitrogen and oxygen atoms in total. The third kappa shape index (κ3) is 2.89. The van der Waals surface area contributed by atoms with Crippen molar-refractivity contribution in [1.29, 1.82) is 0 Å². The maximum absolute atomic E-state index is 13.0. The number of Topliss-reactive ketones (excluding diaryl/α,β-unsaturated/α-hetero) is 1. The molecule has 0 bridgehead atoms. The van der Waals surface area contributed by atoms with Gasteiger partial charge in [0, 0.05) is 21.2 Å². The second-order valence-corrected chi connectivity index (χ2v) is 6.82. The molecule has 0 amide bonds. The minimum absolute atomic E-state index is 0.0229. The third-order valence-corrected chi connectivity index (χ3v) is 4.77. The molecule has 1 aliphatic carbocycles. The summed E-state index contributed by atoms with van der Waals surface area (Å²) in [5.41, 5.74) is 3.23. The highest BCUT2D eigenvalue weighted by Crippen LogP contribution is 2.34. The van der Waals surface area contributed by atoms with Crippen LogP contribution in [0.1, 0.15) is 21.5 Å². The SMILES string of the molecule is O=C1C(C(=Nc2ccc(Br)cc2)c2ccccc2)=C(O)c2ccccc21. The van der Waals surface area contributed by atoms with E-state index < -0.39 is 0 Å². The van der Waals surface area contributed by atoms with Crippen LogP contribution in [0.4, 0.5) is 5.69 Å². The van der Waals surface area contributed by atoms with Gasteiger partial charge in [-0.15, -0.1) is 0 Å². The lowest BCUT2D eigenvalue weighted by Gasteiger charge is -2.08. The Bertz CT molecular complexity index is 1050. The Morgan fingerprint density at radius 3 is 2.08 bits per heavy atom. The van der Waals surface area contributed by atoms with Crippen molar-refractivity contribution in [2.24, 2.45) is 4.99 Å². The van der Waals surface area contributed by atoms with Crippen LogP contribution in [-0.2, 0) is 0 Å². The zero-order valence-corrected chi connectivity index (χ0v) is 15.3. The fourth-order valence-electron chi connectivity index (χ4n) is 2.99. The van der Waals surface area contributed by atoms with E-state index >= 15 is 0 Å². The van der Waals surface area contributed by atoms with Crippen molar-refractivity contribution >= 4 is 38.9 Å². The summed E-state index contributed by atoms with van der Waals surface area (Å²) in [7, 11) is 0. The minimum Gasteiger partial charge on any atom is -0.506 e. The van der Waals surface area contributed by atoms with E-state index in [4.69, 9.17) is 4.99 Å². The van der Waals surface area contributed by atoms with Gasteiger partial charge in [0.15, 0.2) is 5.78 Å². The molecule has 0 unspecified atom stereocenters. The Hall–Kier alpha value is -2.98. The van der Waals surface area contributed by atoms with Crippen LogP contribution in [0.5, 0.6) is 0 Å². The van der Waals surface area contributed by atoms with E-state index in [1.165, 1.54) is 0 Å². The molecule has 0 atom stereocenters. The van der Waals surface area contributed by atoms with Crippen molar-refractivity contribution in [3.05, 3.63) is 106 Å². The fourth-order valence-corrected chi connectivity index (χ4v) is 3.25. The highest BCUT2D eigenvalue weighted by Gasteiger charge is 2.33. The van der Waals surface area contributed by atoms with Gasteiger partial charge < -0.3 is 5.11 Å². The van der Waals surface area contributed by atoms with Crippen molar-refractivity contribution in [1.82, 2.24) is 0 Å². The largest absolute Gasteiger partial charge is 0.506 e. The van der Waals surface area contributed by atoms with Crippen LogP contribution in [0.15, 0.2) is 93.9 Å². The molecule has 4 heteroatoms. The zero-order valence-electron chi connectivity index (χ0n) is 13.7. The summed E-state index contributed by atoms with van der Waals surface area (Å²) in [6, 6.07) is 24.0. The van der Waals surface area contributed by atoms with E-state index in [0.29, 0.717) is 22.5 Å². The van der Waals surface area contributed by atoms with E-state index in [2.05, 4.69) is 15.9 Å². The Morgan fingerprint density at radius 1 is 0.808 bits per heavy atom. The van der Waals surface area contributed by atoms with Gasteiger partial charge in [-0.3, -0.25) is 4.79 Å². The van der Waals surface area contributed by atoms with Gasteiger partial charge in [-0.2, -0.15) is 0 Å². The molecule has 0 radical (unpaired) electrons. The zero-order chi connectivity index (χ0) is 18.1. The van der Waals surface area contributed by atoms with Gasteiger partial charge in [-0.05, 0) is 24.3 Å². The van der Waals surface area contributed by atoms with Crippen molar-refractivity contribution in [3.63, 3.8) is 0 Å². The maximum Gasteiger partial charge on any atom is 0.199 e. The van der Waals surface area contributed by atoms with Crippen molar-refractivity contribution in [2.75, 3.05) is 0 Å². The number of aliphatic hydroxyl groups is 1. The second kappa shape index (κ2) is 6.73. The van der Waals surface area contributed by atoms with E-state index in [9.17, 15) is 9.90 Å². The summed E-state index contributed by atoms with van der Waals surface area (Å²) in [6.45, 7) is 0. The summed E-state index contributed by atoms with van der Waals surface area (Å²) < 4.78 is 0.948. The number of nitrogens with zero attached hydrogens (tertiary/aromatic N) is 1. The van der Waals surface area contributed by atoms with Crippen LogP contribution in [0.3, 0.4) is 0 Å². The number of hydrogen-bond donors (Lipinski definition) is 1. The summed E-state index contributed by atoms with van der Waals surface area (Å²) in [5, 5.41) is 10.7. The predicted octanol–water partition coefficient (Wildman–Crippen LogP) is 5.74. The highest BCUT2D eigenvalue weighted by molar-refractivity contribution is 9.10. The van der Waals surface area contributed by atoms with Crippen LogP contribution in [0.25, 0.3) is 5.76 Å². The molecule has 0 fully saturated rings. The number of ketones is 1. The van der Waals surface area contributed by atoms with E-state index in [1.807, 2.05) is 54.6 Å². The van der Waals surface area contributed by atoms with Gasteiger partial charge in [-0.25, -0.2) is 4.99 Å². The quantitative estimate of drug-likeness (QED) is 0.567. The van der Waals surface area contributed by atoms with Gasteiger partial charge in [0.1, 0.15) is 5.76 Å². The summed E-state index contributed by atoms with van der Waals surface area (Å²) in [5.74, 6) is -0.233. The molecule has 126 valence electrons. The van der Waals surface area contributed by atoms with Gasteiger partial charge in [0.25, 0.3) is 0 Å². The van der Waals surface area contributed by atoms with Crippen LogP contribution >= 0.6 is 15.9 Å². The number of allylic oxidation sites excluding steroid dienone is 1. The smallest absolute Gasteiger partial charge is 0.199 e. The van der Waals surface area contributed by atoms with Crippen LogP contribution in [0, 0.1) is 0 Å². The lowest BCUT2D eigenvalue weighted by Crippen LogP contribution is -2.12. The van der Waals surface area contributed by atoms with E-state index in [-0.39, 0.29) is 17.1 Å². The van der Waals surface area contributed by atoms with Crippen LogP contribution in [0.2, 0.25) is 0 Å². The monoisotopic (exact) mass is 403 g/mol. The number of benzene rings is 3. The second-order valence-electron chi connectivity index (χ2n) is 5.90. The topological polar surface area (TPSA) is 49.7 Å². The molecule has 0 saturated heterocycles. The summed E-state index contributed by atoms with van der Waals surface area (Å²) >= 11 is 3.41. The first-order valence-electron chi connectivity index (χ1n) is 8.12. The molecule has 1 aliphatic rings. The molecule has 1 N–H and O–H groups in total. The molecule has 0 aliphatic heterocycles. The third-order valence-electron chi connectivity index (χ3n) is 4.24. The molecule has 0 heterocycles. The standard InChI is InChI=1S/C22H14BrNO2/c23-15-10-12-16(13-11-15)24-20(14-6-2-1-3-7-14)19-21(25)17-8-4-5-9-18(17)22(19)26/h1-13,25H. The number of carbonyl (C=O) groups excluding carboxylic acids is 1. The average Bonchev–Trinajstić information content (AvgIpc) is 2.93. The minimum atomic E-state index is -0.210. The number of fused-ring (bicyclic) bond motifs is 1. The average molecular weight is 404 g/mol. The number of rotatable bonds is 3. The van der Waals surface area contributed by atoms with Gasteiger partial charge in [0.2, 0.25) is 0 Å². The highest BCUT2D eigenvalue weighted by atomic mass is 79.9. The first kappa shape index (κ1) is 16.5. The molecule has 3 aromatic carbocycles. The number of hydrogen-bond acceptors (Lipinski definition) is 3. The van der Waals surface area contributed by atoms with Gasteiger partial charge >= 0.3 is 0 Å². The molecule has 0 aromatic heterocycles. The van der Waals surface area contributed by atoms with Gasteiger partial charge in [0.05, 0.1) is 17.0 Å². The number of carbonyl (C=O) groups is 1. The first-order chi connectivity index (χ1) is 12.6. The fraction of sp³-hybridized carbons (Fsp3) is 0. The Morgan fingerprint density at radius 2 is 1.42 bits per heavy atom. The molecule has 26 heavy (non-hydrogen) atoms. The van der Waals surface area contributed by atoms with Crippen LogP contribution in [-0.4, -0.2) is 16.6 Å². The molecule has 0 saturated carbocycles. The number of halogens is 1. The molecule has 3 aromatic rings.